The SMILES string of the molecule is CSc1cccc(NC(=O)CSc2ccccn2)c1. The largest absolute Gasteiger partial charge is 0.325 e. The van der Waals surface area contributed by atoms with E-state index in [4.69, 9.17) is 0 Å². The molecule has 0 aliphatic heterocycles. The van der Waals surface area contributed by atoms with Crippen molar-refractivity contribution in [3.63, 3.8) is 0 Å². The molecule has 98 valence electrons. The molecule has 0 spiro atoms. The van der Waals surface area contributed by atoms with E-state index >= 15 is 0 Å². The van der Waals surface area contributed by atoms with E-state index < -0.39 is 0 Å². The van der Waals surface area contributed by atoms with Crippen LogP contribution < -0.4 is 5.32 Å². The number of hydrogen-bond donors (Lipinski definition) is 1. The Balaban J connectivity index is 1.87. The normalized spacial score (nSPS) is 10.2. The third-order valence-electron chi connectivity index (χ3n) is 2.34. The monoisotopic (exact) mass is 290 g/mol. The molecule has 0 bridgehead atoms. The van der Waals surface area contributed by atoms with Crippen molar-refractivity contribution in [2.75, 3.05) is 17.3 Å². The Labute approximate surface area is 121 Å². The summed E-state index contributed by atoms with van der Waals surface area (Å²) < 4.78 is 0. The fourth-order valence-corrected chi connectivity index (χ4v) is 2.59. The van der Waals surface area contributed by atoms with Crippen LogP contribution >= 0.6 is 23.5 Å². The number of thioether (sulfide) groups is 2. The van der Waals surface area contributed by atoms with Gasteiger partial charge in [-0.2, -0.15) is 0 Å². The second-order valence-electron chi connectivity index (χ2n) is 3.74. The molecule has 0 aliphatic carbocycles. The number of carbonyl (C=O) groups excluding carboxylic acids is 1. The number of nitrogens with zero attached hydrogens (tertiary/aromatic N) is 1. The lowest BCUT2D eigenvalue weighted by molar-refractivity contribution is -0.113. The van der Waals surface area contributed by atoms with Gasteiger partial charge in [-0.05, 0) is 36.6 Å². The van der Waals surface area contributed by atoms with E-state index in [0.29, 0.717) is 5.75 Å². The van der Waals surface area contributed by atoms with Gasteiger partial charge >= 0.3 is 0 Å². The third kappa shape index (κ3) is 4.61. The summed E-state index contributed by atoms with van der Waals surface area (Å²) in [5.41, 5.74) is 0.832. The van der Waals surface area contributed by atoms with Gasteiger partial charge in [0.05, 0.1) is 10.8 Å². The van der Waals surface area contributed by atoms with Crippen LogP contribution in [0.15, 0.2) is 58.6 Å². The molecule has 2 aromatic rings. The summed E-state index contributed by atoms with van der Waals surface area (Å²) in [4.78, 5) is 17.1. The molecule has 0 unspecified atom stereocenters. The molecule has 1 aromatic heterocycles. The number of pyridine rings is 1. The standard InChI is InChI=1S/C14H14N2OS2/c1-18-12-6-4-5-11(9-12)16-13(17)10-19-14-7-2-3-8-15-14/h2-9H,10H2,1H3,(H,16,17). The highest BCUT2D eigenvalue weighted by atomic mass is 32.2. The second-order valence-corrected chi connectivity index (χ2v) is 5.61. The van der Waals surface area contributed by atoms with E-state index in [-0.39, 0.29) is 5.91 Å². The van der Waals surface area contributed by atoms with Crippen LogP contribution in [0.4, 0.5) is 5.69 Å². The lowest BCUT2D eigenvalue weighted by Crippen LogP contribution is -2.14. The summed E-state index contributed by atoms with van der Waals surface area (Å²) in [6.07, 6.45) is 3.74. The zero-order valence-corrected chi connectivity index (χ0v) is 12.1. The summed E-state index contributed by atoms with van der Waals surface area (Å²) in [6.45, 7) is 0. The number of benzene rings is 1. The molecule has 1 aromatic carbocycles. The van der Waals surface area contributed by atoms with Gasteiger partial charge in [0.25, 0.3) is 0 Å². The van der Waals surface area contributed by atoms with E-state index in [1.807, 2.05) is 48.7 Å². The van der Waals surface area contributed by atoms with Crippen LogP contribution in [0.2, 0.25) is 0 Å². The first-order valence-electron chi connectivity index (χ1n) is 5.75. The molecule has 0 atom stereocenters. The quantitative estimate of drug-likeness (QED) is 0.855. The van der Waals surface area contributed by atoms with Crippen molar-refractivity contribution in [1.82, 2.24) is 4.98 Å². The van der Waals surface area contributed by atoms with Gasteiger partial charge in [0.1, 0.15) is 0 Å². The van der Waals surface area contributed by atoms with Crippen LogP contribution in [-0.4, -0.2) is 22.9 Å². The molecule has 0 aliphatic rings. The maximum absolute atomic E-state index is 11.8. The van der Waals surface area contributed by atoms with Gasteiger partial charge in [-0.3, -0.25) is 4.79 Å². The van der Waals surface area contributed by atoms with E-state index in [2.05, 4.69) is 10.3 Å². The fraction of sp³-hybridized carbons (Fsp3) is 0.143. The predicted molar refractivity (Wildman–Crippen MR) is 81.8 cm³/mol. The molecule has 0 radical (unpaired) electrons. The lowest BCUT2D eigenvalue weighted by atomic mass is 10.3. The number of aromatic nitrogens is 1. The smallest absolute Gasteiger partial charge is 0.234 e. The molecule has 0 fully saturated rings. The minimum Gasteiger partial charge on any atom is -0.325 e. The van der Waals surface area contributed by atoms with Crippen molar-refractivity contribution in [3.05, 3.63) is 48.7 Å². The highest BCUT2D eigenvalue weighted by molar-refractivity contribution is 8.00. The maximum Gasteiger partial charge on any atom is 0.234 e. The summed E-state index contributed by atoms with van der Waals surface area (Å²) in [5.74, 6) is 0.342. The molecule has 5 heteroatoms. The van der Waals surface area contributed by atoms with Crippen molar-refractivity contribution in [2.24, 2.45) is 0 Å². The molecular formula is C14H14N2OS2. The Hall–Kier alpha value is -1.46. The van der Waals surface area contributed by atoms with E-state index in [1.165, 1.54) is 11.8 Å². The first kappa shape index (κ1) is 14.0. The highest BCUT2D eigenvalue weighted by Gasteiger charge is 2.04. The Morgan fingerprint density at radius 3 is 2.89 bits per heavy atom. The van der Waals surface area contributed by atoms with Crippen LogP contribution in [0.25, 0.3) is 0 Å². The molecule has 1 amide bonds. The number of anilines is 1. The van der Waals surface area contributed by atoms with Gasteiger partial charge < -0.3 is 5.32 Å². The van der Waals surface area contributed by atoms with Crippen molar-refractivity contribution >= 4 is 35.1 Å². The zero-order chi connectivity index (χ0) is 13.5. The van der Waals surface area contributed by atoms with E-state index in [9.17, 15) is 4.79 Å². The van der Waals surface area contributed by atoms with Gasteiger partial charge in [0.2, 0.25) is 5.91 Å². The number of rotatable bonds is 5. The first-order chi connectivity index (χ1) is 9.28. The molecule has 2 rings (SSSR count). The van der Waals surface area contributed by atoms with E-state index in [0.717, 1.165) is 15.6 Å². The van der Waals surface area contributed by atoms with Crippen LogP contribution in [-0.2, 0) is 4.79 Å². The average Bonchev–Trinajstić information content (AvgIpc) is 2.46. The lowest BCUT2D eigenvalue weighted by Gasteiger charge is -2.06. The second kappa shape index (κ2) is 7.21. The number of carbonyl (C=O) groups is 1. The topological polar surface area (TPSA) is 42.0 Å². The number of hydrogen-bond acceptors (Lipinski definition) is 4. The molecular weight excluding hydrogens is 276 g/mol. The summed E-state index contributed by atoms with van der Waals surface area (Å²) >= 11 is 3.08. The first-order valence-corrected chi connectivity index (χ1v) is 7.97. The Morgan fingerprint density at radius 2 is 2.16 bits per heavy atom. The Morgan fingerprint density at radius 1 is 1.26 bits per heavy atom. The van der Waals surface area contributed by atoms with Crippen LogP contribution in [0, 0.1) is 0 Å². The van der Waals surface area contributed by atoms with Crippen LogP contribution in [0.1, 0.15) is 0 Å². The van der Waals surface area contributed by atoms with Crippen LogP contribution in [0.3, 0.4) is 0 Å². The molecule has 1 N–H and O–H groups in total. The summed E-state index contributed by atoms with van der Waals surface area (Å²) in [6, 6.07) is 13.5. The van der Waals surface area contributed by atoms with E-state index in [1.54, 1.807) is 18.0 Å². The molecule has 0 saturated heterocycles. The summed E-state index contributed by atoms with van der Waals surface area (Å²) in [7, 11) is 0. The predicted octanol–water partition coefficient (Wildman–Crippen LogP) is 3.53. The summed E-state index contributed by atoms with van der Waals surface area (Å²) in [5, 5.41) is 3.74. The molecule has 0 saturated carbocycles. The minimum absolute atomic E-state index is 0.0195. The van der Waals surface area contributed by atoms with Gasteiger partial charge in [-0.1, -0.05) is 23.9 Å². The zero-order valence-electron chi connectivity index (χ0n) is 10.5. The Kier molecular flexibility index (Phi) is 5.30. The van der Waals surface area contributed by atoms with Crippen molar-refractivity contribution in [1.29, 1.82) is 0 Å². The highest BCUT2D eigenvalue weighted by Crippen LogP contribution is 2.19. The number of nitrogens with one attached hydrogen (secondary N) is 1. The fourth-order valence-electron chi connectivity index (χ4n) is 1.47. The van der Waals surface area contributed by atoms with Gasteiger partial charge in [-0.15, -0.1) is 11.8 Å². The third-order valence-corrected chi connectivity index (χ3v) is 4.01. The molecule has 1 heterocycles. The maximum atomic E-state index is 11.8. The average molecular weight is 290 g/mol. The van der Waals surface area contributed by atoms with Crippen molar-refractivity contribution < 1.29 is 4.79 Å². The van der Waals surface area contributed by atoms with Crippen molar-refractivity contribution in [3.8, 4) is 0 Å². The van der Waals surface area contributed by atoms with Gasteiger partial charge in [0, 0.05) is 16.8 Å². The Bertz CT molecular complexity index is 546. The van der Waals surface area contributed by atoms with Gasteiger partial charge in [0.15, 0.2) is 0 Å². The molecule has 3 nitrogen and oxygen atoms in total. The van der Waals surface area contributed by atoms with Crippen molar-refractivity contribution in [2.45, 2.75) is 9.92 Å². The number of amides is 1. The van der Waals surface area contributed by atoms with Gasteiger partial charge in [-0.25, -0.2) is 4.98 Å². The molecule has 19 heavy (non-hydrogen) atoms. The van der Waals surface area contributed by atoms with Crippen LogP contribution in [0.5, 0.6) is 0 Å². The minimum atomic E-state index is -0.0195.